The lowest BCUT2D eigenvalue weighted by molar-refractivity contribution is -0.145. The van der Waals surface area contributed by atoms with Crippen LogP contribution in [0.5, 0.6) is 0 Å². The number of hydrogen-bond donors (Lipinski definition) is 2. The zero-order valence-electron chi connectivity index (χ0n) is 10.0. The van der Waals surface area contributed by atoms with Crippen molar-refractivity contribution in [2.24, 2.45) is 11.8 Å². The molecule has 0 aromatic rings. The van der Waals surface area contributed by atoms with Crippen LogP contribution in [0.25, 0.3) is 0 Å². The van der Waals surface area contributed by atoms with Crippen molar-refractivity contribution < 1.29 is 9.90 Å². The van der Waals surface area contributed by atoms with Gasteiger partial charge in [0, 0.05) is 12.1 Å². The molecule has 3 unspecified atom stereocenters. The first-order valence-electron chi connectivity index (χ1n) is 5.59. The number of likely N-dealkylation sites (N-methyl/N-ethyl adjacent to an activating group) is 2. The first-order valence-corrected chi connectivity index (χ1v) is 5.59. The molecule has 1 fully saturated rings. The molecule has 0 spiro atoms. The molecule has 1 aliphatic heterocycles. The highest BCUT2D eigenvalue weighted by atomic mass is 16.4. The highest BCUT2D eigenvalue weighted by molar-refractivity contribution is 5.71. The number of likely N-dealkylation sites (tertiary alicyclic amines) is 1. The van der Waals surface area contributed by atoms with Crippen molar-refractivity contribution in [3.8, 4) is 0 Å². The molecule has 4 nitrogen and oxygen atoms in total. The van der Waals surface area contributed by atoms with Gasteiger partial charge < -0.3 is 15.3 Å². The van der Waals surface area contributed by atoms with Crippen LogP contribution in [0.4, 0.5) is 0 Å². The van der Waals surface area contributed by atoms with Gasteiger partial charge in [-0.2, -0.15) is 0 Å². The molecule has 1 saturated heterocycles. The molecule has 3 atom stereocenters. The van der Waals surface area contributed by atoms with Crippen LogP contribution < -0.4 is 5.32 Å². The van der Waals surface area contributed by atoms with Crippen molar-refractivity contribution in [2.75, 3.05) is 20.6 Å². The third-order valence-electron chi connectivity index (χ3n) is 3.44. The van der Waals surface area contributed by atoms with E-state index in [2.05, 4.69) is 31.1 Å². The van der Waals surface area contributed by atoms with E-state index < -0.39 is 5.97 Å². The summed E-state index contributed by atoms with van der Waals surface area (Å²) in [7, 11) is 3.93. The molecule has 15 heavy (non-hydrogen) atoms. The van der Waals surface area contributed by atoms with E-state index in [1.54, 1.807) is 0 Å². The Labute approximate surface area is 91.6 Å². The van der Waals surface area contributed by atoms with E-state index in [1.165, 1.54) is 0 Å². The molecular formula is C11H22N2O2. The van der Waals surface area contributed by atoms with Crippen molar-refractivity contribution in [1.82, 2.24) is 10.2 Å². The smallest absolute Gasteiger partial charge is 0.308 e. The SMILES string of the molecule is CNC1C(C(=O)O)CCN(C)C1C(C)C. The number of carbonyl (C=O) groups is 1. The van der Waals surface area contributed by atoms with Gasteiger partial charge in [0.05, 0.1) is 5.92 Å². The standard InChI is InChI=1S/C11H22N2O2/c1-7(2)10-9(12-3)8(11(14)15)5-6-13(10)4/h7-10,12H,5-6H2,1-4H3,(H,14,15). The molecule has 0 amide bonds. The van der Waals surface area contributed by atoms with E-state index in [0.29, 0.717) is 12.0 Å². The number of nitrogens with zero attached hydrogens (tertiary/aromatic N) is 1. The van der Waals surface area contributed by atoms with Gasteiger partial charge in [0.25, 0.3) is 0 Å². The molecule has 4 heteroatoms. The van der Waals surface area contributed by atoms with Gasteiger partial charge in [-0.05, 0) is 33.0 Å². The summed E-state index contributed by atoms with van der Waals surface area (Å²) < 4.78 is 0. The highest BCUT2D eigenvalue weighted by Crippen LogP contribution is 2.26. The summed E-state index contributed by atoms with van der Waals surface area (Å²) in [5.74, 6) is -0.457. The number of carboxylic acids is 1. The second kappa shape index (κ2) is 4.94. The number of hydrogen-bond acceptors (Lipinski definition) is 3. The van der Waals surface area contributed by atoms with Gasteiger partial charge in [0.1, 0.15) is 0 Å². The topological polar surface area (TPSA) is 52.6 Å². The van der Waals surface area contributed by atoms with Crippen molar-refractivity contribution >= 4 is 5.97 Å². The molecule has 1 rings (SSSR count). The molecule has 1 heterocycles. The van der Waals surface area contributed by atoms with Crippen molar-refractivity contribution in [2.45, 2.75) is 32.4 Å². The molecular weight excluding hydrogens is 192 g/mol. The largest absolute Gasteiger partial charge is 0.481 e. The summed E-state index contributed by atoms with van der Waals surface area (Å²) >= 11 is 0. The van der Waals surface area contributed by atoms with E-state index in [4.69, 9.17) is 5.11 Å². The number of carboxylic acid groups (broad SMARTS) is 1. The summed E-state index contributed by atoms with van der Waals surface area (Å²) in [4.78, 5) is 13.4. The van der Waals surface area contributed by atoms with Crippen LogP contribution in [0.3, 0.4) is 0 Å². The van der Waals surface area contributed by atoms with Gasteiger partial charge in [-0.25, -0.2) is 0 Å². The van der Waals surface area contributed by atoms with Crippen LogP contribution in [0.15, 0.2) is 0 Å². The van der Waals surface area contributed by atoms with E-state index in [1.807, 2.05) is 7.05 Å². The summed E-state index contributed by atoms with van der Waals surface area (Å²) in [5.41, 5.74) is 0. The molecule has 0 aromatic heterocycles. The Kier molecular flexibility index (Phi) is 4.11. The molecule has 2 N–H and O–H groups in total. The molecule has 0 saturated carbocycles. The fourth-order valence-corrected chi connectivity index (χ4v) is 2.76. The predicted molar refractivity (Wildman–Crippen MR) is 59.8 cm³/mol. The van der Waals surface area contributed by atoms with Crippen molar-refractivity contribution in [3.05, 3.63) is 0 Å². The normalized spacial score (nSPS) is 33.3. The first kappa shape index (κ1) is 12.5. The third kappa shape index (κ3) is 2.49. The Bertz CT molecular complexity index is 231. The number of rotatable bonds is 3. The lowest BCUT2D eigenvalue weighted by Crippen LogP contribution is -2.59. The number of aliphatic carboxylic acids is 1. The van der Waals surface area contributed by atoms with Gasteiger partial charge in [0.15, 0.2) is 0 Å². The van der Waals surface area contributed by atoms with E-state index in [-0.39, 0.29) is 12.0 Å². The van der Waals surface area contributed by atoms with Gasteiger partial charge in [0.2, 0.25) is 0 Å². The minimum absolute atomic E-state index is 0.0567. The Balaban J connectivity index is 2.85. The van der Waals surface area contributed by atoms with Crippen molar-refractivity contribution in [1.29, 1.82) is 0 Å². The fraction of sp³-hybridized carbons (Fsp3) is 0.909. The van der Waals surface area contributed by atoms with Crippen LogP contribution in [-0.2, 0) is 4.79 Å². The average Bonchev–Trinajstić information content (AvgIpc) is 2.15. The van der Waals surface area contributed by atoms with Crippen LogP contribution in [0.2, 0.25) is 0 Å². The summed E-state index contributed by atoms with van der Waals surface area (Å²) in [6, 6.07) is 0.367. The average molecular weight is 214 g/mol. The Morgan fingerprint density at radius 1 is 1.53 bits per heavy atom. The molecule has 0 radical (unpaired) electrons. The molecule has 1 aliphatic rings. The third-order valence-corrected chi connectivity index (χ3v) is 3.44. The minimum atomic E-state index is -0.673. The zero-order valence-corrected chi connectivity index (χ0v) is 10.0. The minimum Gasteiger partial charge on any atom is -0.481 e. The Hall–Kier alpha value is -0.610. The molecule has 0 aromatic carbocycles. The van der Waals surface area contributed by atoms with Crippen LogP contribution >= 0.6 is 0 Å². The van der Waals surface area contributed by atoms with Gasteiger partial charge in [-0.1, -0.05) is 13.8 Å². The zero-order chi connectivity index (χ0) is 11.6. The van der Waals surface area contributed by atoms with Gasteiger partial charge >= 0.3 is 5.97 Å². The second-order valence-electron chi connectivity index (χ2n) is 4.76. The lowest BCUT2D eigenvalue weighted by Gasteiger charge is -2.44. The number of nitrogens with one attached hydrogen (secondary N) is 1. The summed E-state index contributed by atoms with van der Waals surface area (Å²) in [6.45, 7) is 5.17. The second-order valence-corrected chi connectivity index (χ2v) is 4.76. The molecule has 0 aliphatic carbocycles. The van der Waals surface area contributed by atoms with Gasteiger partial charge in [-0.15, -0.1) is 0 Å². The molecule has 88 valence electrons. The quantitative estimate of drug-likeness (QED) is 0.724. The van der Waals surface area contributed by atoms with Gasteiger partial charge in [-0.3, -0.25) is 4.79 Å². The molecule has 0 bridgehead atoms. The summed E-state index contributed by atoms with van der Waals surface area (Å²) in [5, 5.41) is 12.3. The van der Waals surface area contributed by atoms with Crippen LogP contribution in [-0.4, -0.2) is 48.7 Å². The maximum atomic E-state index is 11.1. The highest BCUT2D eigenvalue weighted by Gasteiger charge is 2.40. The maximum absolute atomic E-state index is 11.1. The fourth-order valence-electron chi connectivity index (χ4n) is 2.76. The Morgan fingerprint density at radius 2 is 2.13 bits per heavy atom. The lowest BCUT2D eigenvalue weighted by atomic mass is 9.81. The van der Waals surface area contributed by atoms with Crippen LogP contribution in [0, 0.1) is 11.8 Å². The van der Waals surface area contributed by atoms with Crippen molar-refractivity contribution in [3.63, 3.8) is 0 Å². The number of piperidine rings is 1. The predicted octanol–water partition coefficient (Wildman–Crippen LogP) is 0.635. The summed E-state index contributed by atoms with van der Waals surface area (Å²) in [6.07, 6.45) is 0.737. The monoisotopic (exact) mass is 214 g/mol. The maximum Gasteiger partial charge on any atom is 0.308 e. The van der Waals surface area contributed by atoms with E-state index >= 15 is 0 Å². The van der Waals surface area contributed by atoms with E-state index in [0.717, 1.165) is 13.0 Å². The van der Waals surface area contributed by atoms with Crippen LogP contribution in [0.1, 0.15) is 20.3 Å². The van der Waals surface area contributed by atoms with E-state index in [9.17, 15) is 4.79 Å². The Morgan fingerprint density at radius 3 is 2.53 bits per heavy atom. The first-order chi connectivity index (χ1) is 6.99.